The van der Waals surface area contributed by atoms with Crippen molar-refractivity contribution in [1.29, 1.82) is 0 Å². The molecule has 1 N–H and O–H groups in total. The maximum absolute atomic E-state index is 12.9. The number of halogens is 1. The minimum Gasteiger partial charge on any atom is -0.479 e. The molecule has 0 aliphatic heterocycles. The van der Waals surface area contributed by atoms with Gasteiger partial charge in [0.15, 0.2) is 5.82 Å². The maximum atomic E-state index is 12.9. The van der Waals surface area contributed by atoms with Crippen LogP contribution in [0, 0.1) is 12.7 Å². The van der Waals surface area contributed by atoms with Gasteiger partial charge in [-0.3, -0.25) is 4.57 Å². The number of rotatable bonds is 3. The molecule has 0 atom stereocenters. The lowest BCUT2D eigenvalue weighted by molar-refractivity contribution is -0.142. The van der Waals surface area contributed by atoms with Gasteiger partial charge in [0.1, 0.15) is 17.2 Å². The Balaban J connectivity index is 2.14. The second-order valence-corrected chi connectivity index (χ2v) is 4.75. The predicted octanol–water partition coefficient (Wildman–Crippen LogP) is 1.97. The van der Waals surface area contributed by atoms with Crippen LogP contribution in [-0.2, 0) is 10.3 Å². The van der Waals surface area contributed by atoms with E-state index >= 15 is 0 Å². The van der Waals surface area contributed by atoms with Crippen LogP contribution in [0.25, 0.3) is 11.4 Å². The van der Waals surface area contributed by atoms with Gasteiger partial charge in [0.2, 0.25) is 0 Å². The summed E-state index contributed by atoms with van der Waals surface area (Å²) in [5.74, 6) is -0.193. The van der Waals surface area contributed by atoms with E-state index in [1.807, 2.05) is 0 Å². The van der Waals surface area contributed by atoms with E-state index in [0.717, 1.165) is 0 Å². The highest BCUT2D eigenvalue weighted by Gasteiger charge is 2.54. The molecule has 0 unspecified atom stereocenters. The van der Waals surface area contributed by atoms with Crippen LogP contribution >= 0.6 is 0 Å². The number of carboxylic acids is 1. The minimum atomic E-state index is -0.933. The lowest BCUT2D eigenvalue weighted by Gasteiger charge is -2.16. The van der Waals surface area contributed by atoms with Crippen LogP contribution in [0.3, 0.4) is 0 Å². The van der Waals surface area contributed by atoms with E-state index in [2.05, 4.69) is 10.2 Å². The van der Waals surface area contributed by atoms with Crippen molar-refractivity contribution in [2.75, 3.05) is 0 Å². The number of nitrogens with zero attached hydrogens (tertiary/aromatic N) is 3. The van der Waals surface area contributed by atoms with Crippen LogP contribution in [0.15, 0.2) is 24.3 Å². The molecule has 1 saturated carbocycles. The monoisotopic (exact) mass is 261 g/mol. The van der Waals surface area contributed by atoms with Gasteiger partial charge in [0.05, 0.1) is 0 Å². The van der Waals surface area contributed by atoms with Crippen LogP contribution in [0.2, 0.25) is 0 Å². The summed E-state index contributed by atoms with van der Waals surface area (Å²) in [6, 6.07) is 5.80. The summed E-state index contributed by atoms with van der Waals surface area (Å²) in [4.78, 5) is 11.4. The highest BCUT2D eigenvalue weighted by Crippen LogP contribution is 2.46. The van der Waals surface area contributed by atoms with Gasteiger partial charge in [-0.15, -0.1) is 10.2 Å². The van der Waals surface area contributed by atoms with Gasteiger partial charge in [-0.1, -0.05) is 0 Å². The van der Waals surface area contributed by atoms with E-state index in [4.69, 9.17) is 0 Å². The average Bonchev–Trinajstić information content (AvgIpc) is 3.09. The Bertz CT molecular complexity index is 644. The Morgan fingerprint density at radius 2 is 1.95 bits per heavy atom. The second kappa shape index (κ2) is 3.88. The number of hydrogen-bond acceptors (Lipinski definition) is 3. The first-order chi connectivity index (χ1) is 9.04. The quantitative estimate of drug-likeness (QED) is 0.917. The third kappa shape index (κ3) is 1.71. The molecule has 5 nitrogen and oxygen atoms in total. The Morgan fingerprint density at radius 1 is 1.32 bits per heavy atom. The molecule has 19 heavy (non-hydrogen) atoms. The molecule has 1 aliphatic carbocycles. The molecule has 2 aromatic rings. The van der Waals surface area contributed by atoms with Crippen molar-refractivity contribution in [3.05, 3.63) is 35.9 Å². The minimum absolute atomic E-state index is 0.342. The molecule has 1 aromatic carbocycles. The molecule has 1 aromatic heterocycles. The van der Waals surface area contributed by atoms with Crippen LogP contribution < -0.4 is 0 Å². The van der Waals surface area contributed by atoms with Gasteiger partial charge in [0, 0.05) is 5.56 Å². The van der Waals surface area contributed by atoms with Gasteiger partial charge in [-0.25, -0.2) is 9.18 Å². The predicted molar refractivity (Wildman–Crippen MR) is 65.0 cm³/mol. The third-order valence-corrected chi connectivity index (χ3v) is 3.48. The lowest BCUT2D eigenvalue weighted by atomic mass is 10.1. The standard InChI is InChI=1S/C13H12FN3O2/c1-8-15-16-11(9-2-4-10(14)5-3-9)17(8)13(6-7-13)12(18)19/h2-5H,6-7H2,1H3,(H,18,19). The fourth-order valence-electron chi connectivity index (χ4n) is 2.31. The molecular weight excluding hydrogens is 249 g/mol. The number of aliphatic carboxylic acids is 1. The molecule has 6 heteroatoms. The molecule has 0 amide bonds. The molecular formula is C13H12FN3O2. The van der Waals surface area contributed by atoms with Crippen molar-refractivity contribution >= 4 is 5.97 Å². The number of hydrogen-bond donors (Lipinski definition) is 1. The Morgan fingerprint density at radius 3 is 2.47 bits per heavy atom. The lowest BCUT2D eigenvalue weighted by Crippen LogP contribution is -2.29. The van der Waals surface area contributed by atoms with Gasteiger partial charge in [0.25, 0.3) is 0 Å². The van der Waals surface area contributed by atoms with Crippen molar-refractivity contribution in [2.45, 2.75) is 25.3 Å². The summed E-state index contributed by atoms with van der Waals surface area (Å²) < 4.78 is 14.6. The topological polar surface area (TPSA) is 68.0 Å². The van der Waals surface area contributed by atoms with Gasteiger partial charge < -0.3 is 5.11 Å². The van der Waals surface area contributed by atoms with Crippen molar-refractivity contribution in [2.24, 2.45) is 0 Å². The molecule has 1 aliphatic rings. The average molecular weight is 261 g/mol. The molecule has 1 fully saturated rings. The highest BCUT2D eigenvalue weighted by atomic mass is 19.1. The Kier molecular flexibility index (Phi) is 2.41. The summed E-state index contributed by atoms with van der Waals surface area (Å²) in [5, 5.41) is 17.4. The third-order valence-electron chi connectivity index (χ3n) is 3.48. The molecule has 0 saturated heterocycles. The van der Waals surface area contributed by atoms with Crippen LogP contribution in [0.5, 0.6) is 0 Å². The maximum Gasteiger partial charge on any atom is 0.330 e. The van der Waals surface area contributed by atoms with Gasteiger partial charge in [-0.2, -0.15) is 0 Å². The smallest absolute Gasteiger partial charge is 0.330 e. The van der Waals surface area contributed by atoms with E-state index < -0.39 is 11.5 Å². The first-order valence-electron chi connectivity index (χ1n) is 5.96. The normalized spacial score (nSPS) is 16.3. The van der Waals surface area contributed by atoms with E-state index in [0.29, 0.717) is 30.1 Å². The van der Waals surface area contributed by atoms with Gasteiger partial charge in [-0.05, 0) is 44.0 Å². The van der Waals surface area contributed by atoms with Crippen molar-refractivity contribution in [3.8, 4) is 11.4 Å². The summed E-state index contributed by atoms with van der Waals surface area (Å²) in [5.41, 5.74) is -0.272. The highest BCUT2D eigenvalue weighted by molar-refractivity contribution is 5.81. The molecule has 1 heterocycles. The summed E-state index contributed by atoms with van der Waals surface area (Å²) in [7, 11) is 0. The molecule has 98 valence electrons. The summed E-state index contributed by atoms with van der Waals surface area (Å²) in [6.45, 7) is 1.73. The van der Waals surface area contributed by atoms with E-state index in [1.165, 1.54) is 12.1 Å². The Hall–Kier alpha value is -2.24. The SMILES string of the molecule is Cc1nnc(-c2ccc(F)cc2)n1C1(C(=O)O)CC1. The number of carboxylic acid groups (broad SMARTS) is 1. The zero-order valence-electron chi connectivity index (χ0n) is 10.3. The number of carbonyl (C=O) groups is 1. The number of benzene rings is 1. The molecule has 0 radical (unpaired) electrons. The van der Waals surface area contributed by atoms with Crippen molar-refractivity contribution in [1.82, 2.24) is 14.8 Å². The zero-order valence-corrected chi connectivity index (χ0v) is 10.3. The second-order valence-electron chi connectivity index (χ2n) is 4.75. The fraction of sp³-hybridized carbons (Fsp3) is 0.308. The largest absolute Gasteiger partial charge is 0.479 e. The number of aryl methyl sites for hydroxylation is 1. The Labute approximate surface area is 108 Å². The summed E-state index contributed by atoms with van der Waals surface area (Å²) >= 11 is 0. The fourth-order valence-corrected chi connectivity index (χ4v) is 2.31. The zero-order chi connectivity index (χ0) is 13.6. The van der Waals surface area contributed by atoms with Crippen LogP contribution in [-0.4, -0.2) is 25.8 Å². The van der Waals surface area contributed by atoms with Crippen LogP contribution in [0.4, 0.5) is 4.39 Å². The molecule has 0 spiro atoms. The first kappa shape index (κ1) is 11.8. The van der Waals surface area contributed by atoms with Crippen LogP contribution in [0.1, 0.15) is 18.7 Å². The number of aromatic nitrogens is 3. The van der Waals surface area contributed by atoms with Gasteiger partial charge >= 0.3 is 5.97 Å². The van der Waals surface area contributed by atoms with E-state index in [-0.39, 0.29) is 5.82 Å². The van der Waals surface area contributed by atoms with Crippen molar-refractivity contribution in [3.63, 3.8) is 0 Å². The first-order valence-corrected chi connectivity index (χ1v) is 5.96. The molecule has 0 bridgehead atoms. The van der Waals surface area contributed by atoms with E-state index in [9.17, 15) is 14.3 Å². The van der Waals surface area contributed by atoms with Crippen molar-refractivity contribution < 1.29 is 14.3 Å². The van der Waals surface area contributed by atoms with E-state index in [1.54, 1.807) is 23.6 Å². The summed E-state index contributed by atoms with van der Waals surface area (Å²) in [6.07, 6.45) is 1.13. The molecule has 3 rings (SSSR count).